The molecular weight excluding hydrogens is 224 g/mol. The Labute approximate surface area is 100 Å². The van der Waals surface area contributed by atoms with Gasteiger partial charge < -0.3 is 5.73 Å². The minimum absolute atomic E-state index is 0.190. The lowest BCUT2D eigenvalue weighted by atomic mass is 10.0. The molecule has 0 aliphatic carbocycles. The van der Waals surface area contributed by atoms with Gasteiger partial charge in [-0.1, -0.05) is 27.2 Å². The van der Waals surface area contributed by atoms with Crippen molar-refractivity contribution in [2.75, 3.05) is 25.9 Å². The maximum atomic E-state index is 11.9. The van der Waals surface area contributed by atoms with Crippen molar-refractivity contribution in [3.8, 4) is 0 Å². The maximum Gasteiger partial charge on any atom is 0.214 e. The van der Waals surface area contributed by atoms with Crippen LogP contribution >= 0.6 is 0 Å². The number of sulfonamides is 1. The number of hydrogen-bond acceptors (Lipinski definition) is 3. The van der Waals surface area contributed by atoms with Gasteiger partial charge in [0.05, 0.1) is 5.75 Å². The summed E-state index contributed by atoms with van der Waals surface area (Å²) in [5, 5.41) is 0. The number of rotatable bonds is 7. The summed E-state index contributed by atoms with van der Waals surface area (Å²) in [5.74, 6) is 0.202. The van der Waals surface area contributed by atoms with E-state index in [0.717, 1.165) is 19.3 Å². The van der Waals surface area contributed by atoms with Crippen LogP contribution in [0.4, 0.5) is 0 Å². The van der Waals surface area contributed by atoms with Crippen molar-refractivity contribution in [1.29, 1.82) is 0 Å². The van der Waals surface area contributed by atoms with Crippen molar-refractivity contribution >= 4 is 10.0 Å². The maximum absolute atomic E-state index is 11.9. The van der Waals surface area contributed by atoms with Crippen LogP contribution in [0.5, 0.6) is 0 Å². The molecule has 2 N–H and O–H groups in total. The van der Waals surface area contributed by atoms with E-state index in [1.54, 1.807) is 7.05 Å². The van der Waals surface area contributed by atoms with Gasteiger partial charge >= 0.3 is 0 Å². The van der Waals surface area contributed by atoms with E-state index in [1.165, 1.54) is 4.31 Å². The van der Waals surface area contributed by atoms with Gasteiger partial charge in [-0.2, -0.15) is 0 Å². The predicted octanol–water partition coefficient (Wildman–Crippen LogP) is 1.42. The first-order chi connectivity index (χ1) is 7.19. The molecule has 0 saturated heterocycles. The molecule has 5 heteroatoms. The molecule has 0 saturated carbocycles. The molecule has 0 amide bonds. The zero-order chi connectivity index (χ0) is 12.8. The topological polar surface area (TPSA) is 63.4 Å². The average molecular weight is 250 g/mol. The highest BCUT2D eigenvalue weighted by Gasteiger charge is 2.24. The van der Waals surface area contributed by atoms with Crippen LogP contribution in [0.1, 0.15) is 40.0 Å². The summed E-state index contributed by atoms with van der Waals surface area (Å²) in [5.41, 5.74) is 5.19. The Morgan fingerprint density at radius 2 is 1.69 bits per heavy atom. The second-order valence-electron chi connectivity index (χ2n) is 5.49. The van der Waals surface area contributed by atoms with E-state index in [-0.39, 0.29) is 11.2 Å². The minimum Gasteiger partial charge on any atom is -0.330 e. The zero-order valence-corrected chi connectivity index (χ0v) is 11.8. The quantitative estimate of drug-likeness (QED) is 0.695. The van der Waals surface area contributed by atoms with E-state index in [4.69, 9.17) is 5.73 Å². The molecule has 0 radical (unpaired) electrons. The van der Waals surface area contributed by atoms with Crippen LogP contribution in [0.15, 0.2) is 0 Å². The van der Waals surface area contributed by atoms with Gasteiger partial charge in [-0.05, 0) is 24.8 Å². The molecule has 98 valence electrons. The fourth-order valence-corrected chi connectivity index (χ4v) is 3.17. The van der Waals surface area contributed by atoms with E-state index in [0.29, 0.717) is 13.1 Å². The Kier molecular flexibility index (Phi) is 6.51. The molecule has 4 nitrogen and oxygen atoms in total. The first-order valence-electron chi connectivity index (χ1n) is 5.83. The lowest BCUT2D eigenvalue weighted by Gasteiger charge is -2.23. The average Bonchev–Trinajstić information content (AvgIpc) is 2.08. The van der Waals surface area contributed by atoms with Gasteiger partial charge in [-0.25, -0.2) is 12.7 Å². The molecule has 0 bridgehead atoms. The van der Waals surface area contributed by atoms with Gasteiger partial charge in [0.25, 0.3) is 0 Å². The predicted molar refractivity (Wildman–Crippen MR) is 68.8 cm³/mol. The highest BCUT2D eigenvalue weighted by molar-refractivity contribution is 7.89. The zero-order valence-electron chi connectivity index (χ0n) is 11.0. The Morgan fingerprint density at radius 3 is 2.12 bits per heavy atom. The SMILES string of the molecule is CN(CCCCCN)S(=O)(=O)CC(C)(C)C. The molecule has 0 fully saturated rings. The highest BCUT2D eigenvalue weighted by Crippen LogP contribution is 2.18. The van der Waals surface area contributed by atoms with Crippen molar-refractivity contribution in [3.63, 3.8) is 0 Å². The fourth-order valence-electron chi connectivity index (χ4n) is 1.45. The van der Waals surface area contributed by atoms with Crippen molar-refractivity contribution in [2.24, 2.45) is 11.1 Å². The smallest absolute Gasteiger partial charge is 0.214 e. The summed E-state index contributed by atoms with van der Waals surface area (Å²) in [6.45, 7) is 7.09. The van der Waals surface area contributed by atoms with Gasteiger partial charge in [0.2, 0.25) is 10.0 Å². The molecule has 0 aliphatic rings. The summed E-state index contributed by atoms with van der Waals surface area (Å²) >= 11 is 0. The molecule has 0 aromatic carbocycles. The standard InChI is InChI=1S/C11H26N2O2S/c1-11(2,3)10-16(14,15)13(4)9-7-5-6-8-12/h5-10,12H2,1-4H3. The van der Waals surface area contributed by atoms with Crippen LogP contribution in [-0.4, -0.2) is 38.6 Å². The summed E-state index contributed by atoms with van der Waals surface area (Å²) < 4.78 is 25.3. The normalized spacial score (nSPS) is 13.4. The monoisotopic (exact) mass is 250 g/mol. The van der Waals surface area contributed by atoms with E-state index in [9.17, 15) is 8.42 Å². The van der Waals surface area contributed by atoms with Crippen LogP contribution in [-0.2, 0) is 10.0 Å². The molecule has 0 unspecified atom stereocenters. The van der Waals surface area contributed by atoms with Crippen LogP contribution in [0.3, 0.4) is 0 Å². The fraction of sp³-hybridized carbons (Fsp3) is 1.00. The summed E-state index contributed by atoms with van der Waals surface area (Å²) in [4.78, 5) is 0. The third kappa shape index (κ3) is 7.19. The molecule has 0 spiro atoms. The largest absolute Gasteiger partial charge is 0.330 e. The third-order valence-electron chi connectivity index (χ3n) is 2.27. The second kappa shape index (κ2) is 6.57. The van der Waals surface area contributed by atoms with Crippen molar-refractivity contribution < 1.29 is 8.42 Å². The lowest BCUT2D eigenvalue weighted by Crippen LogP contribution is -2.34. The molecule has 0 atom stereocenters. The highest BCUT2D eigenvalue weighted by atomic mass is 32.2. The third-order valence-corrected chi connectivity index (χ3v) is 4.63. The van der Waals surface area contributed by atoms with Crippen LogP contribution in [0.25, 0.3) is 0 Å². The van der Waals surface area contributed by atoms with Gasteiger partial charge in [-0.3, -0.25) is 0 Å². The second-order valence-corrected chi connectivity index (χ2v) is 7.56. The molecular formula is C11H26N2O2S. The molecule has 0 rings (SSSR count). The Hall–Kier alpha value is -0.130. The summed E-state index contributed by atoms with van der Waals surface area (Å²) in [7, 11) is -1.45. The van der Waals surface area contributed by atoms with Crippen LogP contribution in [0, 0.1) is 5.41 Å². The van der Waals surface area contributed by atoms with E-state index < -0.39 is 10.0 Å². The van der Waals surface area contributed by atoms with E-state index >= 15 is 0 Å². The van der Waals surface area contributed by atoms with Crippen LogP contribution in [0.2, 0.25) is 0 Å². The van der Waals surface area contributed by atoms with Crippen LogP contribution < -0.4 is 5.73 Å². The Bertz CT molecular complexity index is 281. The summed E-state index contributed by atoms with van der Waals surface area (Å²) in [6.07, 6.45) is 2.84. The number of unbranched alkanes of at least 4 members (excludes halogenated alkanes) is 2. The number of hydrogen-bond donors (Lipinski definition) is 1. The number of nitrogens with two attached hydrogens (primary N) is 1. The van der Waals surface area contributed by atoms with E-state index in [2.05, 4.69) is 0 Å². The van der Waals surface area contributed by atoms with Crippen molar-refractivity contribution in [3.05, 3.63) is 0 Å². The first-order valence-corrected chi connectivity index (χ1v) is 7.44. The molecule has 0 aromatic rings. The molecule has 16 heavy (non-hydrogen) atoms. The minimum atomic E-state index is -3.10. The van der Waals surface area contributed by atoms with Gasteiger partial charge in [0, 0.05) is 13.6 Å². The van der Waals surface area contributed by atoms with Gasteiger partial charge in [-0.15, -0.1) is 0 Å². The van der Waals surface area contributed by atoms with Gasteiger partial charge in [0.15, 0.2) is 0 Å². The molecule has 0 aliphatic heterocycles. The Balaban J connectivity index is 4.11. The summed E-state index contributed by atoms with van der Waals surface area (Å²) in [6, 6.07) is 0. The van der Waals surface area contributed by atoms with Gasteiger partial charge in [0.1, 0.15) is 0 Å². The Morgan fingerprint density at radius 1 is 1.12 bits per heavy atom. The lowest BCUT2D eigenvalue weighted by molar-refractivity contribution is 0.415. The molecule has 0 aromatic heterocycles. The van der Waals surface area contributed by atoms with E-state index in [1.807, 2.05) is 20.8 Å². The molecule has 0 heterocycles. The number of nitrogens with zero attached hydrogens (tertiary/aromatic N) is 1. The first kappa shape index (κ1) is 15.9. The van der Waals surface area contributed by atoms with Crippen molar-refractivity contribution in [1.82, 2.24) is 4.31 Å². The van der Waals surface area contributed by atoms with Crippen molar-refractivity contribution in [2.45, 2.75) is 40.0 Å².